The van der Waals surface area contributed by atoms with Crippen molar-refractivity contribution in [1.82, 2.24) is 0 Å². The van der Waals surface area contributed by atoms with Gasteiger partial charge >= 0.3 is 0 Å². The molecule has 0 spiro atoms. The van der Waals surface area contributed by atoms with Crippen molar-refractivity contribution in [2.24, 2.45) is 4.99 Å². The third-order valence-corrected chi connectivity index (χ3v) is 5.02. The molecule has 3 aromatic carbocycles. The van der Waals surface area contributed by atoms with Crippen LogP contribution in [0.1, 0.15) is 30.9 Å². The van der Waals surface area contributed by atoms with Crippen molar-refractivity contribution in [3.63, 3.8) is 0 Å². The smallest absolute Gasteiger partial charge is 0.220 e. The third kappa shape index (κ3) is 6.14. The molecule has 0 bridgehead atoms. The number of ether oxygens (including phenoxy) is 1. The van der Waals surface area contributed by atoms with Gasteiger partial charge in [0, 0.05) is 11.0 Å². The zero-order chi connectivity index (χ0) is 19.8. The van der Waals surface area contributed by atoms with Gasteiger partial charge in [0.25, 0.3) is 0 Å². The summed E-state index contributed by atoms with van der Waals surface area (Å²) in [5.74, 6) is 1.84. The molecule has 0 amide bonds. The van der Waals surface area contributed by atoms with E-state index in [-0.39, 0.29) is 0 Å². The SMILES string of the molecule is Cc1ccc(OC(C=CSc2ccccc2)=Nc2ccc(C(C)C)cc2)cc1. The minimum Gasteiger partial charge on any atom is -0.439 e. The van der Waals surface area contributed by atoms with Gasteiger partial charge in [-0.05, 0) is 60.2 Å². The lowest BCUT2D eigenvalue weighted by molar-refractivity contribution is 0.555. The Morgan fingerprint density at radius 3 is 2.21 bits per heavy atom. The van der Waals surface area contributed by atoms with Crippen molar-refractivity contribution in [3.8, 4) is 5.75 Å². The lowest BCUT2D eigenvalue weighted by Crippen LogP contribution is -2.04. The fourth-order valence-corrected chi connectivity index (χ4v) is 3.21. The van der Waals surface area contributed by atoms with Gasteiger partial charge in [0.2, 0.25) is 5.90 Å². The summed E-state index contributed by atoms with van der Waals surface area (Å²) in [6, 6.07) is 26.5. The van der Waals surface area contributed by atoms with Gasteiger partial charge in [0.1, 0.15) is 5.75 Å². The van der Waals surface area contributed by atoms with Gasteiger partial charge < -0.3 is 4.74 Å². The highest BCUT2D eigenvalue weighted by atomic mass is 32.2. The standard InChI is InChI=1S/C25H25NOS/c1-19(2)21-11-13-22(14-12-21)26-25(27-23-15-9-20(3)10-16-23)17-18-28-24-7-5-4-6-8-24/h4-19H,1-3H3. The van der Waals surface area contributed by atoms with E-state index >= 15 is 0 Å². The molecule has 0 saturated heterocycles. The molecule has 28 heavy (non-hydrogen) atoms. The summed E-state index contributed by atoms with van der Waals surface area (Å²) >= 11 is 1.64. The molecule has 0 aromatic heterocycles. The maximum atomic E-state index is 6.04. The van der Waals surface area contributed by atoms with Crippen molar-refractivity contribution in [2.75, 3.05) is 0 Å². The summed E-state index contributed by atoms with van der Waals surface area (Å²) < 4.78 is 6.04. The predicted octanol–water partition coefficient (Wildman–Crippen LogP) is 7.53. The number of thioether (sulfide) groups is 1. The third-order valence-electron chi connectivity index (χ3n) is 4.20. The van der Waals surface area contributed by atoms with Gasteiger partial charge in [-0.25, -0.2) is 4.99 Å². The Bertz CT molecular complexity index is 927. The molecule has 0 aliphatic heterocycles. The first-order valence-electron chi connectivity index (χ1n) is 9.41. The highest BCUT2D eigenvalue weighted by Gasteiger charge is 2.03. The molecule has 0 atom stereocenters. The Balaban J connectivity index is 1.81. The maximum Gasteiger partial charge on any atom is 0.220 e. The monoisotopic (exact) mass is 387 g/mol. The lowest BCUT2D eigenvalue weighted by Gasteiger charge is -2.08. The van der Waals surface area contributed by atoms with E-state index in [1.807, 2.05) is 66.1 Å². The van der Waals surface area contributed by atoms with Crippen LogP contribution in [0.15, 0.2) is 100 Å². The number of nitrogens with zero attached hydrogens (tertiary/aromatic N) is 1. The van der Waals surface area contributed by atoms with Crippen molar-refractivity contribution < 1.29 is 4.74 Å². The number of aliphatic imine (C=N–C) groups is 1. The molecule has 0 saturated carbocycles. The second-order valence-corrected chi connectivity index (χ2v) is 7.82. The fraction of sp³-hybridized carbons (Fsp3) is 0.160. The summed E-state index contributed by atoms with van der Waals surface area (Å²) in [5.41, 5.74) is 3.38. The van der Waals surface area contributed by atoms with Crippen LogP contribution in [-0.4, -0.2) is 5.90 Å². The van der Waals surface area contributed by atoms with E-state index in [2.05, 4.69) is 45.0 Å². The van der Waals surface area contributed by atoms with E-state index in [1.165, 1.54) is 16.0 Å². The van der Waals surface area contributed by atoms with E-state index in [1.54, 1.807) is 11.8 Å². The Labute approximate surface area is 172 Å². The average molecular weight is 388 g/mol. The highest BCUT2D eigenvalue weighted by Crippen LogP contribution is 2.22. The Morgan fingerprint density at radius 1 is 0.893 bits per heavy atom. The average Bonchev–Trinajstić information content (AvgIpc) is 2.71. The Hall–Kier alpha value is -2.78. The largest absolute Gasteiger partial charge is 0.439 e. The molecule has 0 aliphatic rings. The maximum absolute atomic E-state index is 6.04. The quantitative estimate of drug-likeness (QED) is 0.248. The van der Waals surface area contributed by atoms with Crippen molar-refractivity contribution in [1.29, 1.82) is 0 Å². The minimum absolute atomic E-state index is 0.503. The molecular formula is C25H25NOS. The summed E-state index contributed by atoms with van der Waals surface area (Å²) in [7, 11) is 0. The van der Waals surface area contributed by atoms with Gasteiger partial charge in [-0.15, -0.1) is 0 Å². The number of aryl methyl sites for hydroxylation is 1. The van der Waals surface area contributed by atoms with E-state index in [4.69, 9.17) is 9.73 Å². The zero-order valence-corrected chi connectivity index (χ0v) is 17.3. The number of rotatable bonds is 6. The number of benzene rings is 3. The summed E-state index contributed by atoms with van der Waals surface area (Å²) in [5, 5.41) is 2.00. The van der Waals surface area contributed by atoms with Crippen molar-refractivity contribution in [2.45, 2.75) is 31.6 Å². The molecule has 3 rings (SSSR count). The normalized spacial score (nSPS) is 11.9. The fourth-order valence-electron chi connectivity index (χ4n) is 2.55. The molecule has 3 heteroatoms. The van der Waals surface area contributed by atoms with E-state index in [0.717, 1.165) is 11.4 Å². The molecule has 0 fully saturated rings. The Kier molecular flexibility index (Phi) is 7.10. The van der Waals surface area contributed by atoms with E-state index < -0.39 is 0 Å². The summed E-state index contributed by atoms with van der Waals surface area (Å²) in [6.45, 7) is 6.44. The summed E-state index contributed by atoms with van der Waals surface area (Å²) in [4.78, 5) is 5.88. The molecule has 0 N–H and O–H groups in total. The second kappa shape index (κ2) is 9.95. The van der Waals surface area contributed by atoms with E-state index in [0.29, 0.717) is 11.8 Å². The van der Waals surface area contributed by atoms with Crippen LogP contribution in [0.25, 0.3) is 0 Å². The molecular weight excluding hydrogens is 362 g/mol. The van der Waals surface area contributed by atoms with Gasteiger partial charge in [0.05, 0.1) is 5.69 Å². The van der Waals surface area contributed by atoms with Crippen molar-refractivity contribution in [3.05, 3.63) is 101 Å². The molecule has 3 aromatic rings. The van der Waals surface area contributed by atoms with Crippen LogP contribution in [0.2, 0.25) is 0 Å². The molecule has 0 radical (unpaired) electrons. The minimum atomic E-state index is 0.503. The van der Waals surface area contributed by atoms with Crippen LogP contribution in [0.4, 0.5) is 5.69 Å². The van der Waals surface area contributed by atoms with Crippen molar-refractivity contribution >= 4 is 23.3 Å². The van der Waals surface area contributed by atoms with Crippen LogP contribution in [0.5, 0.6) is 5.75 Å². The second-order valence-electron chi connectivity index (χ2n) is 6.85. The van der Waals surface area contributed by atoms with Gasteiger partial charge in [0.15, 0.2) is 0 Å². The number of hydrogen-bond acceptors (Lipinski definition) is 3. The molecule has 0 heterocycles. The first-order chi connectivity index (χ1) is 13.6. The zero-order valence-electron chi connectivity index (χ0n) is 16.5. The topological polar surface area (TPSA) is 21.6 Å². The van der Waals surface area contributed by atoms with Gasteiger partial charge in [-0.2, -0.15) is 0 Å². The predicted molar refractivity (Wildman–Crippen MR) is 121 cm³/mol. The van der Waals surface area contributed by atoms with E-state index in [9.17, 15) is 0 Å². The van der Waals surface area contributed by atoms with Crippen LogP contribution in [0.3, 0.4) is 0 Å². The first-order valence-corrected chi connectivity index (χ1v) is 10.3. The highest BCUT2D eigenvalue weighted by molar-refractivity contribution is 8.02. The summed E-state index contributed by atoms with van der Waals surface area (Å²) in [6.07, 6.45) is 1.91. The first kappa shape index (κ1) is 20.0. The van der Waals surface area contributed by atoms with Crippen LogP contribution in [-0.2, 0) is 0 Å². The Morgan fingerprint density at radius 2 is 1.57 bits per heavy atom. The molecule has 142 valence electrons. The van der Waals surface area contributed by atoms with Crippen LogP contribution in [0, 0.1) is 6.92 Å². The van der Waals surface area contributed by atoms with Crippen LogP contribution >= 0.6 is 11.8 Å². The number of hydrogen-bond donors (Lipinski definition) is 0. The molecule has 0 unspecified atom stereocenters. The van der Waals surface area contributed by atoms with Gasteiger partial charge in [-0.1, -0.05) is 73.6 Å². The lowest BCUT2D eigenvalue weighted by atomic mass is 10.0. The molecule has 0 aliphatic carbocycles. The van der Waals surface area contributed by atoms with Gasteiger partial charge in [-0.3, -0.25) is 0 Å². The van der Waals surface area contributed by atoms with Crippen LogP contribution < -0.4 is 4.74 Å². The molecule has 2 nitrogen and oxygen atoms in total.